The zero-order valence-electron chi connectivity index (χ0n) is 7.90. The van der Waals surface area contributed by atoms with Gasteiger partial charge in [-0.25, -0.2) is 0 Å². The molecular formula is C9H13N3O2. The van der Waals surface area contributed by atoms with Crippen molar-refractivity contribution < 1.29 is 9.53 Å². The van der Waals surface area contributed by atoms with Crippen LogP contribution in [0.4, 0.5) is 0 Å². The number of amides is 1. The molecule has 1 amide bonds. The van der Waals surface area contributed by atoms with Crippen molar-refractivity contribution in [1.29, 1.82) is 0 Å². The van der Waals surface area contributed by atoms with E-state index in [0.717, 1.165) is 32.4 Å². The van der Waals surface area contributed by atoms with Crippen LogP contribution < -0.4 is 5.73 Å². The largest absolute Gasteiger partial charge is 0.447 e. The Kier molecular flexibility index (Phi) is 1.45. The molecule has 3 aliphatic rings. The number of fused-ring (bicyclic) bond motifs is 2. The van der Waals surface area contributed by atoms with Crippen molar-refractivity contribution in [2.75, 3.05) is 13.1 Å². The molecule has 2 N–H and O–H groups in total. The van der Waals surface area contributed by atoms with E-state index in [-0.39, 0.29) is 18.0 Å². The second-order valence-corrected chi connectivity index (χ2v) is 4.19. The molecule has 0 saturated carbocycles. The lowest BCUT2D eigenvalue weighted by Gasteiger charge is -2.27. The number of rotatable bonds is 0. The first-order chi connectivity index (χ1) is 6.72. The maximum absolute atomic E-state index is 11.7. The summed E-state index contributed by atoms with van der Waals surface area (Å²) < 4.78 is 5.47. The number of hydrogen-bond acceptors (Lipinski definition) is 4. The molecule has 1 spiro atoms. The third-order valence-corrected chi connectivity index (χ3v) is 3.53. The van der Waals surface area contributed by atoms with Gasteiger partial charge in [-0.1, -0.05) is 0 Å². The summed E-state index contributed by atoms with van der Waals surface area (Å²) in [6.45, 7) is 2.00. The highest BCUT2D eigenvalue weighted by Crippen LogP contribution is 2.41. The number of nitrogens with zero attached hydrogens (tertiary/aromatic N) is 2. The number of carbonyl (C=O) groups excluding carboxylic acids is 1. The zero-order valence-corrected chi connectivity index (χ0v) is 7.90. The minimum atomic E-state index is -0.722. The van der Waals surface area contributed by atoms with E-state index < -0.39 is 5.60 Å². The molecule has 2 fully saturated rings. The maximum Gasteiger partial charge on any atom is 0.296 e. The summed E-state index contributed by atoms with van der Waals surface area (Å²) in [4.78, 5) is 17.7. The smallest absolute Gasteiger partial charge is 0.296 e. The molecule has 0 aromatic heterocycles. The molecule has 2 unspecified atom stereocenters. The van der Waals surface area contributed by atoms with Crippen molar-refractivity contribution in [1.82, 2.24) is 4.90 Å². The molecule has 2 saturated heterocycles. The number of hydrogen-bond donors (Lipinski definition) is 1. The normalized spacial score (nSPS) is 41.6. The third-order valence-electron chi connectivity index (χ3n) is 3.53. The lowest BCUT2D eigenvalue weighted by atomic mass is 9.92. The molecule has 0 aromatic rings. The first-order valence-electron chi connectivity index (χ1n) is 5.04. The number of nitrogens with two attached hydrogens (primary N) is 1. The van der Waals surface area contributed by atoms with Crippen LogP contribution in [0.1, 0.15) is 19.3 Å². The van der Waals surface area contributed by atoms with E-state index in [4.69, 9.17) is 10.5 Å². The van der Waals surface area contributed by atoms with Gasteiger partial charge in [0, 0.05) is 13.0 Å². The van der Waals surface area contributed by atoms with Gasteiger partial charge in [-0.15, -0.1) is 0 Å². The summed E-state index contributed by atoms with van der Waals surface area (Å²) in [5, 5.41) is 0. The van der Waals surface area contributed by atoms with Crippen molar-refractivity contribution in [2.24, 2.45) is 10.7 Å². The Balaban J connectivity index is 1.95. The lowest BCUT2D eigenvalue weighted by molar-refractivity contribution is -0.132. The van der Waals surface area contributed by atoms with E-state index in [9.17, 15) is 4.79 Å². The van der Waals surface area contributed by atoms with E-state index in [1.54, 1.807) is 0 Å². The van der Waals surface area contributed by atoms with Crippen LogP contribution in [0, 0.1) is 0 Å². The minimum Gasteiger partial charge on any atom is -0.447 e. The molecule has 3 heterocycles. The third kappa shape index (κ3) is 0.829. The Hall–Kier alpha value is -1.10. The van der Waals surface area contributed by atoms with Crippen LogP contribution in [-0.2, 0) is 9.53 Å². The second-order valence-electron chi connectivity index (χ2n) is 4.19. The van der Waals surface area contributed by atoms with Crippen LogP contribution in [0.5, 0.6) is 0 Å². The molecule has 5 heteroatoms. The Morgan fingerprint density at radius 2 is 2.43 bits per heavy atom. The fraction of sp³-hybridized carbons (Fsp3) is 0.778. The van der Waals surface area contributed by atoms with Crippen LogP contribution in [0.3, 0.4) is 0 Å². The molecule has 14 heavy (non-hydrogen) atoms. The Morgan fingerprint density at radius 3 is 3.14 bits per heavy atom. The summed E-state index contributed by atoms with van der Waals surface area (Å²) in [5.74, 6) is -0.176. The van der Waals surface area contributed by atoms with E-state index in [1.807, 2.05) is 0 Å². The average Bonchev–Trinajstić information content (AvgIpc) is 2.73. The molecular weight excluding hydrogens is 182 g/mol. The topological polar surface area (TPSA) is 67.9 Å². The van der Waals surface area contributed by atoms with Crippen LogP contribution in [-0.4, -0.2) is 41.6 Å². The molecule has 0 aliphatic carbocycles. The SMILES string of the molecule is NC1=NC(=O)C2(CCN3CCCC32)O1. The minimum absolute atomic E-state index is 0.0451. The average molecular weight is 195 g/mol. The molecule has 0 radical (unpaired) electrons. The van der Waals surface area contributed by atoms with Gasteiger partial charge in [0.05, 0.1) is 6.04 Å². The summed E-state index contributed by atoms with van der Waals surface area (Å²) in [5.41, 5.74) is 4.73. The Labute approximate surface area is 81.9 Å². The predicted octanol–water partition coefficient (Wildman–Crippen LogP) is -0.535. The second kappa shape index (κ2) is 2.48. The van der Waals surface area contributed by atoms with Gasteiger partial charge < -0.3 is 10.5 Å². The van der Waals surface area contributed by atoms with Crippen molar-refractivity contribution in [3.63, 3.8) is 0 Å². The molecule has 2 atom stereocenters. The molecule has 0 aromatic carbocycles. The van der Waals surface area contributed by atoms with Crippen LogP contribution in [0.25, 0.3) is 0 Å². The summed E-state index contributed by atoms with van der Waals surface area (Å²) in [6, 6.07) is 0.253. The summed E-state index contributed by atoms with van der Waals surface area (Å²) in [6.07, 6.45) is 2.90. The van der Waals surface area contributed by atoms with Crippen molar-refractivity contribution >= 4 is 11.9 Å². The fourth-order valence-electron chi connectivity index (χ4n) is 2.91. The van der Waals surface area contributed by atoms with Crippen molar-refractivity contribution in [3.05, 3.63) is 0 Å². The first kappa shape index (κ1) is 8.23. The van der Waals surface area contributed by atoms with Crippen molar-refractivity contribution in [3.8, 4) is 0 Å². The number of carbonyl (C=O) groups is 1. The van der Waals surface area contributed by atoms with Gasteiger partial charge in [-0.3, -0.25) is 9.69 Å². The maximum atomic E-state index is 11.7. The van der Waals surface area contributed by atoms with E-state index in [1.165, 1.54) is 0 Å². The van der Waals surface area contributed by atoms with Crippen molar-refractivity contribution in [2.45, 2.75) is 30.9 Å². The molecule has 5 nitrogen and oxygen atoms in total. The first-order valence-corrected chi connectivity index (χ1v) is 5.04. The summed E-state index contributed by atoms with van der Waals surface area (Å²) in [7, 11) is 0. The quantitative estimate of drug-likeness (QED) is 0.564. The molecule has 0 bridgehead atoms. The van der Waals surface area contributed by atoms with Gasteiger partial charge >= 0.3 is 0 Å². The van der Waals surface area contributed by atoms with Gasteiger partial charge in [0.1, 0.15) is 0 Å². The van der Waals surface area contributed by atoms with Gasteiger partial charge in [-0.2, -0.15) is 4.99 Å². The Bertz CT molecular complexity index is 328. The van der Waals surface area contributed by atoms with Gasteiger partial charge in [-0.05, 0) is 19.4 Å². The van der Waals surface area contributed by atoms with E-state index in [0.29, 0.717) is 0 Å². The molecule has 3 rings (SSSR count). The lowest BCUT2D eigenvalue weighted by Crippen LogP contribution is -2.47. The van der Waals surface area contributed by atoms with Crippen LogP contribution >= 0.6 is 0 Å². The van der Waals surface area contributed by atoms with E-state index >= 15 is 0 Å². The number of aliphatic imine (C=N–C) groups is 1. The molecule has 76 valence electrons. The number of amidine groups is 1. The predicted molar refractivity (Wildman–Crippen MR) is 49.7 cm³/mol. The fourth-order valence-corrected chi connectivity index (χ4v) is 2.91. The Morgan fingerprint density at radius 1 is 1.57 bits per heavy atom. The highest BCUT2D eigenvalue weighted by Gasteiger charge is 2.59. The highest BCUT2D eigenvalue weighted by molar-refractivity contribution is 6.01. The van der Waals surface area contributed by atoms with Gasteiger partial charge in [0.15, 0.2) is 0 Å². The highest BCUT2D eigenvalue weighted by atomic mass is 16.5. The zero-order chi connectivity index (χ0) is 9.76. The van der Waals surface area contributed by atoms with Gasteiger partial charge in [0.25, 0.3) is 11.9 Å². The van der Waals surface area contributed by atoms with E-state index in [2.05, 4.69) is 9.89 Å². The summed E-state index contributed by atoms with van der Waals surface area (Å²) >= 11 is 0. The van der Waals surface area contributed by atoms with Crippen LogP contribution in [0.15, 0.2) is 4.99 Å². The number of ether oxygens (including phenoxy) is 1. The van der Waals surface area contributed by atoms with Crippen LogP contribution in [0.2, 0.25) is 0 Å². The molecule has 3 aliphatic heterocycles. The van der Waals surface area contributed by atoms with Gasteiger partial charge in [0.2, 0.25) is 5.60 Å². The monoisotopic (exact) mass is 195 g/mol. The standard InChI is InChI=1S/C9H13N3O2/c10-8-11-7(13)9(14-8)3-5-12-4-1-2-6(9)12/h6H,1-5H2,(H2,10,11,13).